The van der Waals surface area contributed by atoms with Crippen molar-refractivity contribution in [2.24, 2.45) is 0 Å². The van der Waals surface area contributed by atoms with Crippen molar-refractivity contribution in [2.75, 3.05) is 13.2 Å². The van der Waals surface area contributed by atoms with Crippen LogP contribution in [0, 0.1) is 17.5 Å². The van der Waals surface area contributed by atoms with Gasteiger partial charge in [-0.1, -0.05) is 18.2 Å². The summed E-state index contributed by atoms with van der Waals surface area (Å²) in [5, 5.41) is 0. The molecule has 0 fully saturated rings. The molecule has 0 radical (unpaired) electrons. The van der Waals surface area contributed by atoms with Gasteiger partial charge in [0.15, 0.2) is 11.6 Å². The molecule has 0 aliphatic carbocycles. The summed E-state index contributed by atoms with van der Waals surface area (Å²) in [5.74, 6) is -1.49. The zero-order valence-corrected chi connectivity index (χ0v) is 19.7. The monoisotopic (exact) mass is 485 g/mol. The van der Waals surface area contributed by atoms with E-state index in [2.05, 4.69) is 0 Å². The van der Waals surface area contributed by atoms with E-state index < -0.39 is 29.1 Å². The summed E-state index contributed by atoms with van der Waals surface area (Å²) in [5.41, 5.74) is 0.764. The second kappa shape index (κ2) is 9.90. The molecule has 0 saturated carbocycles. The molecule has 0 bridgehead atoms. The molecule has 8 heteroatoms. The molecule has 5 nitrogen and oxygen atoms in total. The van der Waals surface area contributed by atoms with Crippen LogP contribution in [0.1, 0.15) is 31.9 Å². The summed E-state index contributed by atoms with van der Waals surface area (Å²) in [4.78, 5) is 14.0. The van der Waals surface area contributed by atoms with Crippen LogP contribution in [-0.2, 0) is 17.9 Å². The van der Waals surface area contributed by atoms with E-state index in [0.717, 1.165) is 11.6 Å². The van der Waals surface area contributed by atoms with Crippen molar-refractivity contribution in [2.45, 2.75) is 39.5 Å². The quantitative estimate of drug-likeness (QED) is 0.425. The Kier molecular flexibility index (Phi) is 6.91. The summed E-state index contributed by atoms with van der Waals surface area (Å²) in [6.07, 6.45) is -0.417. The van der Waals surface area contributed by atoms with E-state index in [1.54, 1.807) is 23.1 Å². The van der Waals surface area contributed by atoms with Crippen molar-refractivity contribution in [3.05, 3.63) is 83.2 Å². The minimum Gasteiger partial charge on any atom is -0.491 e. The predicted octanol–water partition coefficient (Wildman–Crippen LogP) is 6.48. The Morgan fingerprint density at radius 1 is 1.03 bits per heavy atom. The number of benzene rings is 3. The van der Waals surface area contributed by atoms with E-state index in [-0.39, 0.29) is 24.3 Å². The maximum atomic E-state index is 14.4. The van der Waals surface area contributed by atoms with Gasteiger partial charge >= 0.3 is 6.09 Å². The Hall–Kier alpha value is -3.68. The van der Waals surface area contributed by atoms with Gasteiger partial charge in [0.1, 0.15) is 36.1 Å². The first kappa shape index (κ1) is 24.4. The van der Waals surface area contributed by atoms with Gasteiger partial charge in [-0.05, 0) is 56.7 Å². The Labute approximate surface area is 202 Å². The maximum absolute atomic E-state index is 14.4. The van der Waals surface area contributed by atoms with Gasteiger partial charge < -0.3 is 19.1 Å². The van der Waals surface area contributed by atoms with E-state index in [1.807, 2.05) is 20.8 Å². The molecule has 3 aromatic rings. The van der Waals surface area contributed by atoms with Gasteiger partial charge in [0, 0.05) is 22.8 Å². The van der Waals surface area contributed by atoms with E-state index >= 15 is 0 Å². The molecule has 1 aliphatic rings. The number of hydrogen-bond acceptors (Lipinski definition) is 4. The molecule has 1 amide bonds. The lowest BCUT2D eigenvalue weighted by Crippen LogP contribution is -2.37. The second-order valence-corrected chi connectivity index (χ2v) is 9.22. The highest BCUT2D eigenvalue weighted by molar-refractivity contribution is 5.68. The first-order valence-electron chi connectivity index (χ1n) is 11.2. The lowest BCUT2D eigenvalue weighted by molar-refractivity contribution is 0.0225. The third-order valence-corrected chi connectivity index (χ3v) is 5.37. The molecule has 1 aliphatic heterocycles. The minimum atomic E-state index is -0.991. The molecule has 0 unspecified atom stereocenters. The largest absolute Gasteiger partial charge is 0.491 e. The molecule has 3 aromatic carbocycles. The Balaban J connectivity index is 1.48. The molecule has 4 rings (SSSR count). The maximum Gasteiger partial charge on any atom is 0.410 e. The number of amides is 1. The number of hydrogen-bond donors (Lipinski definition) is 0. The molecule has 35 heavy (non-hydrogen) atoms. The van der Waals surface area contributed by atoms with Crippen LogP contribution < -0.4 is 9.47 Å². The van der Waals surface area contributed by atoms with Gasteiger partial charge in [-0.15, -0.1) is 0 Å². The summed E-state index contributed by atoms with van der Waals surface area (Å²) in [6.45, 7) is 6.28. The summed E-state index contributed by atoms with van der Waals surface area (Å²) in [7, 11) is 0. The lowest BCUT2D eigenvalue weighted by atomic mass is 10.0. The van der Waals surface area contributed by atoms with Gasteiger partial charge in [-0.3, -0.25) is 0 Å². The van der Waals surface area contributed by atoms with Crippen LogP contribution in [-0.4, -0.2) is 29.7 Å². The lowest BCUT2D eigenvalue weighted by Gasteiger charge is -2.26. The molecule has 0 aromatic heterocycles. The van der Waals surface area contributed by atoms with Crippen molar-refractivity contribution in [3.8, 4) is 22.6 Å². The summed E-state index contributed by atoms with van der Waals surface area (Å²) in [6, 6.07) is 13.0. The minimum absolute atomic E-state index is 0.0409. The van der Waals surface area contributed by atoms with Crippen LogP contribution in [0.4, 0.5) is 18.0 Å². The predicted molar refractivity (Wildman–Crippen MR) is 125 cm³/mol. The topological polar surface area (TPSA) is 48.0 Å². The van der Waals surface area contributed by atoms with Gasteiger partial charge in [-0.25, -0.2) is 18.0 Å². The molecule has 0 saturated heterocycles. The molecule has 0 atom stereocenters. The fraction of sp³-hybridized carbons (Fsp3) is 0.296. The number of fused-ring (bicyclic) bond motifs is 1. The fourth-order valence-corrected chi connectivity index (χ4v) is 3.66. The van der Waals surface area contributed by atoms with Crippen LogP contribution in [0.5, 0.6) is 11.5 Å². The van der Waals surface area contributed by atoms with Crippen molar-refractivity contribution >= 4 is 6.09 Å². The number of carbonyl (C=O) groups excluding carboxylic acids is 1. The third-order valence-electron chi connectivity index (χ3n) is 5.37. The normalized spacial score (nSPS) is 13.5. The fourth-order valence-electron chi connectivity index (χ4n) is 3.66. The SMILES string of the molecule is CC(C)(C)OC(=O)N1CCOc2cc(OCc3cc(-c4cccc(F)c4F)ccc3F)ccc2C1. The van der Waals surface area contributed by atoms with Gasteiger partial charge in [0.05, 0.1) is 13.1 Å². The zero-order chi connectivity index (χ0) is 25.2. The van der Waals surface area contributed by atoms with Crippen LogP contribution in [0.3, 0.4) is 0 Å². The number of nitrogens with zero attached hydrogens (tertiary/aromatic N) is 1. The third kappa shape index (κ3) is 5.88. The van der Waals surface area contributed by atoms with Crippen LogP contribution in [0.15, 0.2) is 54.6 Å². The van der Waals surface area contributed by atoms with Gasteiger partial charge in [0.2, 0.25) is 0 Å². The highest BCUT2D eigenvalue weighted by atomic mass is 19.2. The number of carbonyl (C=O) groups is 1. The average molecular weight is 486 g/mol. The molecule has 184 valence electrons. The first-order valence-corrected chi connectivity index (χ1v) is 11.2. The number of ether oxygens (including phenoxy) is 3. The van der Waals surface area contributed by atoms with Crippen LogP contribution in [0.2, 0.25) is 0 Å². The molecular formula is C27H26F3NO4. The smallest absolute Gasteiger partial charge is 0.410 e. The second-order valence-electron chi connectivity index (χ2n) is 9.22. The first-order chi connectivity index (χ1) is 16.6. The van der Waals surface area contributed by atoms with Crippen molar-refractivity contribution < 1.29 is 32.2 Å². The van der Waals surface area contributed by atoms with E-state index in [9.17, 15) is 18.0 Å². The highest BCUT2D eigenvalue weighted by Gasteiger charge is 2.25. The van der Waals surface area contributed by atoms with Crippen LogP contribution >= 0.6 is 0 Å². The number of rotatable bonds is 4. The average Bonchev–Trinajstić information content (AvgIpc) is 3.01. The van der Waals surface area contributed by atoms with Gasteiger partial charge in [-0.2, -0.15) is 0 Å². The Bertz CT molecular complexity index is 1240. The van der Waals surface area contributed by atoms with Crippen molar-refractivity contribution in [1.82, 2.24) is 4.90 Å². The van der Waals surface area contributed by atoms with E-state index in [1.165, 1.54) is 30.3 Å². The van der Waals surface area contributed by atoms with E-state index in [0.29, 0.717) is 30.2 Å². The zero-order valence-electron chi connectivity index (χ0n) is 19.7. The molecule has 1 heterocycles. The molecule has 0 N–H and O–H groups in total. The highest BCUT2D eigenvalue weighted by Crippen LogP contribution is 2.30. The standard InChI is InChI=1S/C27H26F3NO4/c1-27(2,3)35-26(32)31-11-12-33-24-14-20(9-7-18(24)15-31)34-16-19-13-17(8-10-22(19)28)21-5-4-6-23(29)25(21)30/h4-10,13-14H,11-12,15-16H2,1-3H3. The van der Waals surface area contributed by atoms with Crippen LogP contribution in [0.25, 0.3) is 11.1 Å². The van der Waals surface area contributed by atoms with E-state index in [4.69, 9.17) is 14.2 Å². The molecular weight excluding hydrogens is 459 g/mol. The molecule has 0 spiro atoms. The Morgan fingerprint density at radius 2 is 1.83 bits per heavy atom. The number of halogens is 3. The summed E-state index contributed by atoms with van der Waals surface area (Å²) < 4.78 is 59.2. The van der Waals surface area contributed by atoms with Crippen molar-refractivity contribution in [3.63, 3.8) is 0 Å². The Morgan fingerprint density at radius 3 is 2.60 bits per heavy atom. The summed E-state index contributed by atoms with van der Waals surface area (Å²) >= 11 is 0. The van der Waals surface area contributed by atoms with Gasteiger partial charge in [0.25, 0.3) is 0 Å². The van der Waals surface area contributed by atoms with Crippen molar-refractivity contribution in [1.29, 1.82) is 0 Å².